The number of H-pyrrole nitrogens is 1. The van der Waals surface area contributed by atoms with E-state index < -0.39 is 11.0 Å². The van der Waals surface area contributed by atoms with Crippen LogP contribution in [0.2, 0.25) is 0 Å². The molecular weight excluding hydrogens is 500 g/mol. The van der Waals surface area contributed by atoms with Gasteiger partial charge in [-0.1, -0.05) is 31.9 Å². The zero-order valence-corrected chi connectivity index (χ0v) is 23.4. The van der Waals surface area contributed by atoms with Crippen molar-refractivity contribution in [3.05, 3.63) is 58.3 Å². The molecule has 1 spiro atoms. The summed E-state index contributed by atoms with van der Waals surface area (Å²) < 4.78 is 6.72. The molecule has 8 rings (SSSR count). The first kappa shape index (κ1) is 24.7. The number of nitrogens with zero attached hydrogens (tertiary/aromatic N) is 2. The molecule has 5 aliphatic rings. The van der Waals surface area contributed by atoms with E-state index in [9.17, 15) is 10.2 Å². The van der Waals surface area contributed by atoms with Crippen LogP contribution >= 0.6 is 0 Å². The average Bonchev–Trinajstić information content (AvgIpc) is 3.58. The first-order chi connectivity index (χ1) is 19.4. The number of aromatic hydroxyl groups is 1. The number of likely N-dealkylation sites (tertiary alicyclic amines) is 1. The van der Waals surface area contributed by atoms with Crippen LogP contribution in [0.3, 0.4) is 0 Å². The van der Waals surface area contributed by atoms with Crippen LogP contribution in [0.1, 0.15) is 79.5 Å². The van der Waals surface area contributed by atoms with Crippen molar-refractivity contribution < 1.29 is 14.9 Å². The maximum Gasteiger partial charge on any atom is 0.166 e. The fourth-order valence-corrected chi connectivity index (χ4v) is 8.63. The maximum absolute atomic E-state index is 13.0. The number of phenols is 1. The maximum atomic E-state index is 13.0. The van der Waals surface area contributed by atoms with E-state index in [1.165, 1.54) is 31.2 Å². The van der Waals surface area contributed by atoms with Crippen molar-refractivity contribution in [2.24, 2.45) is 16.6 Å². The zero-order chi connectivity index (χ0) is 27.2. The largest absolute Gasteiger partial charge is 0.504 e. The average molecular weight is 541 g/mol. The molecule has 2 fully saturated rings. The lowest BCUT2D eigenvalue weighted by atomic mass is 9.49. The Bertz CT molecular complexity index is 1540. The van der Waals surface area contributed by atoms with Crippen molar-refractivity contribution in [3.8, 4) is 11.5 Å². The van der Waals surface area contributed by atoms with E-state index >= 15 is 0 Å². The van der Waals surface area contributed by atoms with Gasteiger partial charge in [-0.15, -0.1) is 0 Å². The molecule has 210 valence electrons. The third-order valence-electron chi connectivity index (χ3n) is 10.7. The third-order valence-corrected chi connectivity index (χ3v) is 10.7. The molecule has 4 atom stereocenters. The number of aromatic amines is 1. The van der Waals surface area contributed by atoms with Gasteiger partial charge in [-0.05, 0) is 79.5 Å². The van der Waals surface area contributed by atoms with Gasteiger partial charge in [-0.2, -0.15) is 0 Å². The highest BCUT2D eigenvalue weighted by Gasteiger charge is 2.72. The number of aliphatic imine (C=N–C) groups is 1. The van der Waals surface area contributed by atoms with Gasteiger partial charge in [0.05, 0.1) is 22.5 Å². The Hall–Kier alpha value is -3.03. The van der Waals surface area contributed by atoms with E-state index in [1.54, 1.807) is 6.07 Å². The molecule has 40 heavy (non-hydrogen) atoms. The van der Waals surface area contributed by atoms with Crippen molar-refractivity contribution in [1.29, 1.82) is 0 Å². The Kier molecular flexibility index (Phi) is 5.40. The summed E-state index contributed by atoms with van der Waals surface area (Å²) in [7, 11) is 0. The number of fused-ring (bicyclic) bond motifs is 4. The van der Waals surface area contributed by atoms with Gasteiger partial charge in [-0.3, -0.25) is 9.89 Å². The molecule has 0 unspecified atom stereocenters. The molecule has 2 aliphatic heterocycles. The van der Waals surface area contributed by atoms with Crippen molar-refractivity contribution in [3.63, 3.8) is 0 Å². The summed E-state index contributed by atoms with van der Waals surface area (Å²) in [5.74, 6) is 2.19. The van der Waals surface area contributed by atoms with Gasteiger partial charge in [0.15, 0.2) is 17.6 Å². The summed E-state index contributed by atoms with van der Waals surface area (Å²) in [6.45, 7) is 5.00. The Morgan fingerprint density at radius 3 is 2.92 bits per heavy atom. The molecule has 7 heteroatoms. The van der Waals surface area contributed by atoms with E-state index in [0.29, 0.717) is 24.4 Å². The normalized spacial score (nSPS) is 30.3. The van der Waals surface area contributed by atoms with Gasteiger partial charge >= 0.3 is 0 Å². The topological polar surface area (TPSA) is 107 Å². The molecule has 1 saturated heterocycles. The fraction of sp³-hybridized carbons (Fsp3) is 0.545. The highest BCUT2D eigenvalue weighted by molar-refractivity contribution is 5.89. The molecular formula is C33H40N4O3. The second kappa shape index (κ2) is 8.73. The predicted molar refractivity (Wildman–Crippen MR) is 156 cm³/mol. The number of aliphatic hydroxyl groups is 1. The highest BCUT2D eigenvalue weighted by Crippen LogP contribution is 2.69. The number of unbranched alkanes of at least 4 members (excludes halogenated alkanes) is 2. The first-order valence-electron chi connectivity index (χ1n) is 15.3. The monoisotopic (exact) mass is 540 g/mol. The third kappa shape index (κ3) is 3.34. The van der Waals surface area contributed by atoms with Crippen LogP contribution in [-0.4, -0.2) is 57.2 Å². The van der Waals surface area contributed by atoms with Crippen molar-refractivity contribution in [2.75, 3.05) is 19.6 Å². The number of ether oxygens (including phenoxy) is 1. The smallest absolute Gasteiger partial charge is 0.166 e. The zero-order valence-electron chi connectivity index (χ0n) is 23.4. The molecule has 1 saturated carbocycles. The Labute approximate surface area is 235 Å². The van der Waals surface area contributed by atoms with Crippen molar-refractivity contribution in [2.45, 2.75) is 87.9 Å². The van der Waals surface area contributed by atoms with Crippen LogP contribution in [-0.2, 0) is 24.7 Å². The summed E-state index contributed by atoms with van der Waals surface area (Å²) in [5, 5.41) is 25.1. The molecule has 0 radical (unpaired) electrons. The minimum absolute atomic E-state index is 0.0307. The summed E-state index contributed by atoms with van der Waals surface area (Å²) >= 11 is 0. The Balaban J connectivity index is 1.23. The van der Waals surface area contributed by atoms with Crippen LogP contribution in [0, 0.1) is 5.92 Å². The minimum atomic E-state index is -0.977. The van der Waals surface area contributed by atoms with Gasteiger partial charge in [0.1, 0.15) is 0 Å². The van der Waals surface area contributed by atoms with Crippen LogP contribution < -0.4 is 10.5 Å². The van der Waals surface area contributed by atoms with Crippen molar-refractivity contribution >= 4 is 16.7 Å². The number of rotatable bonds is 8. The molecule has 3 heterocycles. The van der Waals surface area contributed by atoms with E-state index in [1.807, 2.05) is 0 Å². The number of benzene rings is 2. The number of hydrogen-bond donors (Lipinski definition) is 4. The molecule has 5 N–H and O–H groups in total. The van der Waals surface area contributed by atoms with Crippen LogP contribution in [0.4, 0.5) is 0 Å². The molecule has 1 aromatic heterocycles. The van der Waals surface area contributed by atoms with Gasteiger partial charge < -0.3 is 25.7 Å². The minimum Gasteiger partial charge on any atom is -0.504 e. The first-order valence-corrected chi connectivity index (χ1v) is 15.3. The highest BCUT2D eigenvalue weighted by atomic mass is 16.5. The fourth-order valence-electron chi connectivity index (χ4n) is 8.63. The number of phenolic OH excluding ortho intramolecular Hbond substituents is 1. The molecule has 2 aromatic carbocycles. The number of piperidine rings is 1. The summed E-state index contributed by atoms with van der Waals surface area (Å²) in [4.78, 5) is 10.9. The van der Waals surface area contributed by atoms with Crippen LogP contribution in [0.5, 0.6) is 11.5 Å². The number of hydrogen-bond acceptors (Lipinski definition) is 5. The van der Waals surface area contributed by atoms with Gasteiger partial charge in [-0.25, -0.2) is 0 Å². The van der Waals surface area contributed by atoms with E-state index in [2.05, 4.69) is 46.1 Å². The second-order valence-electron chi connectivity index (χ2n) is 13.1. The second-order valence-corrected chi connectivity index (χ2v) is 13.1. The lowest BCUT2D eigenvalue weighted by Gasteiger charge is -2.62. The van der Waals surface area contributed by atoms with E-state index in [-0.39, 0.29) is 17.9 Å². The molecule has 2 bridgehead atoms. The van der Waals surface area contributed by atoms with Gasteiger partial charge in [0.25, 0.3) is 0 Å². The Morgan fingerprint density at radius 2 is 2.10 bits per heavy atom. The van der Waals surface area contributed by atoms with Crippen LogP contribution in [0.25, 0.3) is 10.9 Å². The van der Waals surface area contributed by atoms with Crippen molar-refractivity contribution in [1.82, 2.24) is 9.88 Å². The lowest BCUT2D eigenvalue weighted by Crippen LogP contribution is -2.74. The van der Waals surface area contributed by atoms with E-state index in [0.717, 1.165) is 78.1 Å². The van der Waals surface area contributed by atoms with Gasteiger partial charge in [0.2, 0.25) is 0 Å². The summed E-state index contributed by atoms with van der Waals surface area (Å²) in [5.41, 5.74) is 11.4. The number of aromatic nitrogens is 1. The van der Waals surface area contributed by atoms with Crippen LogP contribution in [0.15, 0.2) is 35.3 Å². The standard InChI is InChI=1S/C33H40N4O3/c1-2-3-4-12-35-27(34)15-20-7-9-24-22(14-20)23-17-33(39)26-16-21-8-10-25(38)30-28(21)32(33,31(40-30)29(23)36-24)11-13-37(26)18-19-5-6-19/h7-10,14,19,26,31,36,38-39H,2-6,11-13,15-18H2,1H3,(H2,34,35)/t26-,31-,32-,33+/m0/s1. The van der Waals surface area contributed by atoms with Gasteiger partial charge in [0, 0.05) is 48.4 Å². The molecule has 7 nitrogen and oxygen atoms in total. The number of nitrogens with two attached hydrogens (primary N) is 1. The quantitative estimate of drug-likeness (QED) is 0.189. The SMILES string of the molecule is CCCCCN=C(N)Cc1ccc2[nH]c3c(c2c1)C[C@@]1(O)[C@@H]2Cc4ccc(O)c5c4[C@@]1(CCN2CC1CC1)[C@H]3O5. The molecule has 3 aromatic rings. The van der Waals surface area contributed by atoms with E-state index in [4.69, 9.17) is 10.5 Å². The summed E-state index contributed by atoms with van der Waals surface area (Å²) in [6, 6.07) is 10.4. The number of amidine groups is 1. The molecule has 3 aliphatic carbocycles. The lowest BCUT2D eigenvalue weighted by molar-refractivity contribution is -0.173. The summed E-state index contributed by atoms with van der Waals surface area (Å²) in [6.07, 6.45) is 8.48. The molecule has 0 amide bonds. The predicted octanol–water partition coefficient (Wildman–Crippen LogP) is 4.66. The Morgan fingerprint density at radius 1 is 1.23 bits per heavy atom. The number of nitrogens with one attached hydrogen (secondary N) is 1.